The van der Waals surface area contributed by atoms with Gasteiger partial charge in [-0.1, -0.05) is 40.2 Å². The molecule has 3 aromatic rings. The Morgan fingerprint density at radius 3 is 2.73 bits per heavy atom. The highest BCUT2D eigenvalue weighted by Crippen LogP contribution is 2.20. The Labute approximate surface area is 161 Å². The van der Waals surface area contributed by atoms with Crippen molar-refractivity contribution >= 4 is 15.9 Å². The molecular formula is C20H21BrN4O. The van der Waals surface area contributed by atoms with Crippen molar-refractivity contribution < 1.29 is 4.74 Å². The van der Waals surface area contributed by atoms with E-state index in [9.17, 15) is 0 Å². The van der Waals surface area contributed by atoms with Gasteiger partial charge in [0.05, 0.1) is 13.7 Å². The SMILES string of the molecule is COc1cccc(CN2CCn3c(Cc4cccc(Br)c4)nnc3C2)c1. The number of ether oxygens (including phenoxy) is 1. The van der Waals surface area contributed by atoms with Gasteiger partial charge < -0.3 is 9.30 Å². The summed E-state index contributed by atoms with van der Waals surface area (Å²) in [5.41, 5.74) is 2.50. The van der Waals surface area contributed by atoms with Crippen molar-refractivity contribution in [3.8, 4) is 5.75 Å². The van der Waals surface area contributed by atoms with Gasteiger partial charge in [-0.25, -0.2) is 0 Å². The van der Waals surface area contributed by atoms with Crippen LogP contribution in [0.3, 0.4) is 0 Å². The van der Waals surface area contributed by atoms with E-state index < -0.39 is 0 Å². The average Bonchev–Trinajstić information content (AvgIpc) is 3.04. The van der Waals surface area contributed by atoms with Crippen LogP contribution in [0.15, 0.2) is 53.0 Å². The van der Waals surface area contributed by atoms with Crippen molar-refractivity contribution in [1.29, 1.82) is 0 Å². The first kappa shape index (κ1) is 17.2. The summed E-state index contributed by atoms with van der Waals surface area (Å²) >= 11 is 3.53. The first-order valence-electron chi connectivity index (χ1n) is 8.72. The normalized spacial score (nSPS) is 14.2. The predicted octanol–water partition coefficient (Wildman–Crippen LogP) is 3.66. The fourth-order valence-corrected chi connectivity index (χ4v) is 3.84. The van der Waals surface area contributed by atoms with Crippen molar-refractivity contribution in [2.45, 2.75) is 26.1 Å². The number of halogens is 1. The lowest BCUT2D eigenvalue weighted by Crippen LogP contribution is -2.34. The van der Waals surface area contributed by atoms with Gasteiger partial charge in [-0.2, -0.15) is 0 Å². The van der Waals surface area contributed by atoms with Crippen molar-refractivity contribution in [3.05, 3.63) is 75.8 Å². The second-order valence-corrected chi connectivity index (χ2v) is 7.47. The Morgan fingerprint density at radius 2 is 1.88 bits per heavy atom. The average molecular weight is 413 g/mol. The molecule has 5 nitrogen and oxygen atoms in total. The molecule has 0 amide bonds. The molecule has 26 heavy (non-hydrogen) atoms. The lowest BCUT2D eigenvalue weighted by molar-refractivity contribution is 0.207. The maximum atomic E-state index is 5.32. The van der Waals surface area contributed by atoms with Crippen molar-refractivity contribution in [2.75, 3.05) is 13.7 Å². The van der Waals surface area contributed by atoms with Gasteiger partial charge in [0, 0.05) is 30.5 Å². The van der Waals surface area contributed by atoms with E-state index in [1.807, 2.05) is 18.2 Å². The highest BCUT2D eigenvalue weighted by Gasteiger charge is 2.21. The van der Waals surface area contributed by atoms with E-state index in [1.54, 1.807) is 7.11 Å². The molecule has 134 valence electrons. The number of hydrogen-bond acceptors (Lipinski definition) is 4. The van der Waals surface area contributed by atoms with E-state index in [4.69, 9.17) is 4.74 Å². The fourth-order valence-electron chi connectivity index (χ4n) is 3.39. The summed E-state index contributed by atoms with van der Waals surface area (Å²) in [5.74, 6) is 2.99. The number of methoxy groups -OCH3 is 1. The molecule has 0 saturated carbocycles. The molecular weight excluding hydrogens is 392 g/mol. The minimum absolute atomic E-state index is 0.808. The zero-order valence-corrected chi connectivity index (χ0v) is 16.3. The summed E-state index contributed by atoms with van der Waals surface area (Å²) < 4.78 is 8.68. The van der Waals surface area contributed by atoms with Gasteiger partial charge in [0.1, 0.15) is 17.4 Å². The van der Waals surface area contributed by atoms with Gasteiger partial charge in [0.15, 0.2) is 0 Å². The monoisotopic (exact) mass is 412 g/mol. The van der Waals surface area contributed by atoms with Gasteiger partial charge in [0.25, 0.3) is 0 Å². The summed E-state index contributed by atoms with van der Waals surface area (Å²) in [6, 6.07) is 16.6. The topological polar surface area (TPSA) is 43.2 Å². The zero-order chi connectivity index (χ0) is 17.9. The van der Waals surface area contributed by atoms with E-state index in [0.29, 0.717) is 0 Å². The number of aromatic nitrogens is 3. The second kappa shape index (κ2) is 7.60. The van der Waals surface area contributed by atoms with Crippen LogP contribution in [0.5, 0.6) is 5.75 Å². The van der Waals surface area contributed by atoms with E-state index in [-0.39, 0.29) is 0 Å². The van der Waals surface area contributed by atoms with E-state index >= 15 is 0 Å². The largest absolute Gasteiger partial charge is 0.497 e. The molecule has 1 aliphatic heterocycles. The Balaban J connectivity index is 1.45. The molecule has 0 bridgehead atoms. The summed E-state index contributed by atoms with van der Waals surface area (Å²) in [6.45, 7) is 3.64. The van der Waals surface area contributed by atoms with Crippen LogP contribution in [0.2, 0.25) is 0 Å². The standard InChI is InChI=1S/C20H21BrN4O/c1-26-18-7-3-5-16(11-18)13-24-8-9-25-19(22-23-20(25)14-24)12-15-4-2-6-17(21)10-15/h2-7,10-11H,8-9,12-14H2,1H3. The van der Waals surface area contributed by atoms with Crippen LogP contribution < -0.4 is 4.74 Å². The van der Waals surface area contributed by atoms with Crippen LogP contribution in [0.25, 0.3) is 0 Å². The zero-order valence-electron chi connectivity index (χ0n) is 14.7. The molecule has 2 heterocycles. The highest BCUT2D eigenvalue weighted by atomic mass is 79.9. The third-order valence-electron chi connectivity index (χ3n) is 4.70. The molecule has 1 aromatic heterocycles. The van der Waals surface area contributed by atoms with Crippen LogP contribution in [0, 0.1) is 0 Å². The molecule has 0 atom stereocenters. The lowest BCUT2D eigenvalue weighted by Gasteiger charge is -2.27. The molecule has 0 unspecified atom stereocenters. The molecule has 2 aromatic carbocycles. The quantitative estimate of drug-likeness (QED) is 0.641. The second-order valence-electron chi connectivity index (χ2n) is 6.55. The predicted molar refractivity (Wildman–Crippen MR) is 104 cm³/mol. The van der Waals surface area contributed by atoms with Crippen LogP contribution in [-0.2, 0) is 26.1 Å². The summed E-state index contributed by atoms with van der Waals surface area (Å²) in [4.78, 5) is 2.40. The number of hydrogen-bond donors (Lipinski definition) is 0. The smallest absolute Gasteiger partial charge is 0.147 e. The minimum Gasteiger partial charge on any atom is -0.497 e. The van der Waals surface area contributed by atoms with Gasteiger partial charge >= 0.3 is 0 Å². The molecule has 0 fully saturated rings. The summed E-state index contributed by atoms with van der Waals surface area (Å²) in [7, 11) is 1.70. The van der Waals surface area contributed by atoms with E-state index in [2.05, 4.69) is 65.9 Å². The Morgan fingerprint density at radius 1 is 1.04 bits per heavy atom. The molecule has 1 aliphatic rings. The first-order chi connectivity index (χ1) is 12.7. The van der Waals surface area contributed by atoms with Gasteiger partial charge in [-0.15, -0.1) is 10.2 Å². The number of fused-ring (bicyclic) bond motifs is 1. The maximum absolute atomic E-state index is 5.32. The molecule has 0 aliphatic carbocycles. The molecule has 0 N–H and O–H groups in total. The number of nitrogens with zero attached hydrogens (tertiary/aromatic N) is 4. The molecule has 0 spiro atoms. The maximum Gasteiger partial charge on any atom is 0.147 e. The first-order valence-corrected chi connectivity index (χ1v) is 9.51. The lowest BCUT2D eigenvalue weighted by atomic mass is 10.1. The third-order valence-corrected chi connectivity index (χ3v) is 5.19. The Kier molecular flexibility index (Phi) is 5.04. The molecule has 0 saturated heterocycles. The van der Waals surface area contributed by atoms with E-state index in [0.717, 1.165) is 54.5 Å². The minimum atomic E-state index is 0.808. The van der Waals surface area contributed by atoms with Crippen molar-refractivity contribution in [3.63, 3.8) is 0 Å². The Bertz CT molecular complexity index is 908. The summed E-state index contributed by atoms with van der Waals surface area (Å²) in [5, 5.41) is 8.88. The van der Waals surface area contributed by atoms with Gasteiger partial charge in [-0.3, -0.25) is 4.90 Å². The highest BCUT2D eigenvalue weighted by molar-refractivity contribution is 9.10. The van der Waals surface area contributed by atoms with Crippen LogP contribution in [0.1, 0.15) is 22.8 Å². The summed E-state index contributed by atoms with van der Waals surface area (Å²) in [6.07, 6.45) is 0.808. The van der Waals surface area contributed by atoms with Crippen LogP contribution in [0.4, 0.5) is 0 Å². The fraction of sp³-hybridized carbons (Fsp3) is 0.300. The van der Waals surface area contributed by atoms with Crippen LogP contribution in [-0.4, -0.2) is 33.3 Å². The van der Waals surface area contributed by atoms with Crippen molar-refractivity contribution in [1.82, 2.24) is 19.7 Å². The number of benzene rings is 2. The van der Waals surface area contributed by atoms with E-state index in [1.165, 1.54) is 11.1 Å². The number of rotatable bonds is 5. The van der Waals surface area contributed by atoms with Crippen LogP contribution >= 0.6 is 15.9 Å². The molecule has 0 radical (unpaired) electrons. The van der Waals surface area contributed by atoms with Gasteiger partial charge in [0.2, 0.25) is 0 Å². The molecule has 6 heteroatoms. The molecule has 4 rings (SSSR count). The van der Waals surface area contributed by atoms with Crippen molar-refractivity contribution in [2.24, 2.45) is 0 Å². The third kappa shape index (κ3) is 3.81. The Hall–Kier alpha value is -2.18. The van der Waals surface area contributed by atoms with Gasteiger partial charge in [-0.05, 0) is 35.4 Å².